The van der Waals surface area contributed by atoms with Gasteiger partial charge in [0.2, 0.25) is 0 Å². The SMILES string of the molecule is CCCNc1cc(C(=O)N2CCCCC2CC)nc(C)n1. The molecule has 1 fully saturated rings. The van der Waals surface area contributed by atoms with Crippen LogP contribution in [0.5, 0.6) is 0 Å². The average Bonchev–Trinajstić information content (AvgIpc) is 2.51. The number of hydrogen-bond donors (Lipinski definition) is 1. The van der Waals surface area contributed by atoms with Gasteiger partial charge in [0.05, 0.1) is 0 Å². The first-order valence-corrected chi connectivity index (χ1v) is 8.06. The Bertz CT molecular complexity index is 489. The Morgan fingerprint density at radius 3 is 2.90 bits per heavy atom. The van der Waals surface area contributed by atoms with Crippen molar-refractivity contribution in [2.24, 2.45) is 0 Å². The van der Waals surface area contributed by atoms with Gasteiger partial charge in [-0.2, -0.15) is 0 Å². The summed E-state index contributed by atoms with van der Waals surface area (Å²) in [6.45, 7) is 7.79. The van der Waals surface area contributed by atoms with Crippen molar-refractivity contribution in [3.8, 4) is 0 Å². The molecule has 0 radical (unpaired) electrons. The van der Waals surface area contributed by atoms with Crippen LogP contribution < -0.4 is 5.32 Å². The van der Waals surface area contributed by atoms with E-state index in [9.17, 15) is 4.79 Å². The number of rotatable bonds is 5. The topological polar surface area (TPSA) is 58.1 Å². The number of amides is 1. The van der Waals surface area contributed by atoms with E-state index in [2.05, 4.69) is 29.1 Å². The van der Waals surface area contributed by atoms with Gasteiger partial charge in [-0.3, -0.25) is 4.79 Å². The van der Waals surface area contributed by atoms with Crippen molar-refractivity contribution in [1.29, 1.82) is 0 Å². The molecule has 2 rings (SSSR count). The third-order valence-corrected chi connectivity index (χ3v) is 3.97. The van der Waals surface area contributed by atoms with E-state index in [0.717, 1.165) is 44.6 Å². The minimum Gasteiger partial charge on any atom is -0.370 e. The van der Waals surface area contributed by atoms with Gasteiger partial charge in [0.15, 0.2) is 0 Å². The molecule has 5 nitrogen and oxygen atoms in total. The maximum atomic E-state index is 12.8. The Morgan fingerprint density at radius 1 is 1.38 bits per heavy atom. The lowest BCUT2D eigenvalue weighted by Gasteiger charge is -2.35. The molecule has 1 unspecified atom stereocenters. The molecule has 0 saturated carbocycles. The summed E-state index contributed by atoms with van der Waals surface area (Å²) in [6, 6.07) is 2.14. The van der Waals surface area contributed by atoms with Crippen LogP contribution in [0.1, 0.15) is 62.3 Å². The third kappa shape index (κ3) is 3.93. The predicted molar refractivity (Wildman–Crippen MR) is 84.5 cm³/mol. The summed E-state index contributed by atoms with van der Waals surface area (Å²) < 4.78 is 0. The minimum atomic E-state index is 0.0478. The fourth-order valence-corrected chi connectivity index (χ4v) is 2.86. The fourth-order valence-electron chi connectivity index (χ4n) is 2.86. The van der Waals surface area contributed by atoms with Crippen LogP contribution in [0.4, 0.5) is 5.82 Å². The van der Waals surface area contributed by atoms with E-state index in [1.165, 1.54) is 6.42 Å². The Morgan fingerprint density at radius 2 is 2.19 bits per heavy atom. The number of hydrogen-bond acceptors (Lipinski definition) is 4. The number of anilines is 1. The number of nitrogens with one attached hydrogen (secondary N) is 1. The van der Waals surface area contributed by atoms with Crippen LogP contribution >= 0.6 is 0 Å². The predicted octanol–water partition coefficient (Wildman–Crippen LogP) is 3.01. The van der Waals surface area contributed by atoms with Crippen molar-refractivity contribution in [1.82, 2.24) is 14.9 Å². The van der Waals surface area contributed by atoms with Crippen molar-refractivity contribution in [2.75, 3.05) is 18.4 Å². The molecule has 2 heterocycles. The second kappa shape index (κ2) is 7.38. The Balaban J connectivity index is 2.19. The molecule has 1 saturated heterocycles. The quantitative estimate of drug-likeness (QED) is 0.905. The van der Waals surface area contributed by atoms with Gasteiger partial charge in [0.1, 0.15) is 17.3 Å². The van der Waals surface area contributed by atoms with Gasteiger partial charge in [-0.15, -0.1) is 0 Å². The van der Waals surface area contributed by atoms with Crippen LogP contribution in [0.3, 0.4) is 0 Å². The van der Waals surface area contributed by atoms with Crippen LogP contribution in [0.15, 0.2) is 6.07 Å². The summed E-state index contributed by atoms with van der Waals surface area (Å²) in [4.78, 5) is 23.4. The molecular formula is C16H26N4O. The molecular weight excluding hydrogens is 264 g/mol. The van der Waals surface area contributed by atoms with Crippen molar-refractivity contribution >= 4 is 11.7 Å². The van der Waals surface area contributed by atoms with E-state index in [0.29, 0.717) is 17.6 Å². The van der Waals surface area contributed by atoms with Crippen LogP contribution in [-0.2, 0) is 0 Å². The maximum absolute atomic E-state index is 12.8. The number of likely N-dealkylation sites (tertiary alicyclic amines) is 1. The summed E-state index contributed by atoms with van der Waals surface area (Å²) >= 11 is 0. The lowest BCUT2D eigenvalue weighted by molar-refractivity contribution is 0.0601. The molecule has 1 aromatic rings. The number of carbonyl (C=O) groups excluding carboxylic acids is 1. The van der Waals surface area contributed by atoms with Crippen molar-refractivity contribution < 1.29 is 4.79 Å². The average molecular weight is 290 g/mol. The second-order valence-electron chi connectivity index (χ2n) is 5.67. The Labute approximate surface area is 127 Å². The smallest absolute Gasteiger partial charge is 0.272 e. The highest BCUT2D eigenvalue weighted by Crippen LogP contribution is 2.22. The van der Waals surface area contributed by atoms with E-state index >= 15 is 0 Å². The molecule has 1 aliphatic heterocycles. The van der Waals surface area contributed by atoms with Gasteiger partial charge in [-0.25, -0.2) is 9.97 Å². The molecule has 116 valence electrons. The molecule has 0 aliphatic carbocycles. The summed E-state index contributed by atoms with van der Waals surface area (Å²) in [5.41, 5.74) is 0.515. The van der Waals surface area contributed by atoms with E-state index in [1.54, 1.807) is 6.07 Å². The number of piperidine rings is 1. The van der Waals surface area contributed by atoms with Crippen LogP contribution in [0, 0.1) is 6.92 Å². The fraction of sp³-hybridized carbons (Fsp3) is 0.688. The second-order valence-corrected chi connectivity index (χ2v) is 5.67. The number of carbonyl (C=O) groups is 1. The van der Waals surface area contributed by atoms with Gasteiger partial charge in [-0.05, 0) is 39.0 Å². The molecule has 0 spiro atoms. The van der Waals surface area contributed by atoms with Gasteiger partial charge in [-0.1, -0.05) is 13.8 Å². The molecule has 1 atom stereocenters. The number of nitrogens with zero attached hydrogens (tertiary/aromatic N) is 3. The number of aryl methyl sites for hydroxylation is 1. The van der Waals surface area contributed by atoms with E-state index in [1.807, 2.05) is 11.8 Å². The Hall–Kier alpha value is -1.65. The molecule has 1 aromatic heterocycles. The van der Waals surface area contributed by atoms with Crippen molar-refractivity contribution in [3.05, 3.63) is 17.6 Å². The molecule has 0 aromatic carbocycles. The molecule has 1 N–H and O–H groups in total. The standard InChI is InChI=1S/C16H26N4O/c1-4-9-17-15-11-14(18-12(3)19-15)16(21)20-10-7-6-8-13(20)5-2/h11,13H,4-10H2,1-3H3,(H,17,18,19). The first-order chi connectivity index (χ1) is 10.2. The lowest BCUT2D eigenvalue weighted by Crippen LogP contribution is -2.43. The minimum absolute atomic E-state index is 0.0478. The largest absolute Gasteiger partial charge is 0.370 e. The van der Waals surface area contributed by atoms with E-state index in [4.69, 9.17) is 0 Å². The van der Waals surface area contributed by atoms with Gasteiger partial charge in [0.25, 0.3) is 5.91 Å². The maximum Gasteiger partial charge on any atom is 0.272 e. The molecule has 1 aliphatic rings. The Kier molecular flexibility index (Phi) is 5.53. The highest BCUT2D eigenvalue weighted by molar-refractivity contribution is 5.93. The van der Waals surface area contributed by atoms with Gasteiger partial charge >= 0.3 is 0 Å². The lowest BCUT2D eigenvalue weighted by atomic mass is 9.99. The van der Waals surface area contributed by atoms with Crippen LogP contribution in [-0.4, -0.2) is 39.9 Å². The van der Waals surface area contributed by atoms with Gasteiger partial charge < -0.3 is 10.2 Å². The summed E-state index contributed by atoms with van der Waals surface area (Å²) in [5.74, 6) is 1.44. The van der Waals surface area contributed by atoms with Gasteiger partial charge in [0, 0.05) is 25.2 Å². The summed E-state index contributed by atoms with van der Waals surface area (Å²) in [6.07, 6.45) is 5.45. The monoisotopic (exact) mass is 290 g/mol. The first-order valence-electron chi connectivity index (χ1n) is 8.06. The zero-order valence-corrected chi connectivity index (χ0v) is 13.4. The highest BCUT2D eigenvalue weighted by atomic mass is 16.2. The van der Waals surface area contributed by atoms with Crippen molar-refractivity contribution in [3.63, 3.8) is 0 Å². The normalized spacial score (nSPS) is 18.6. The van der Waals surface area contributed by atoms with Crippen molar-refractivity contribution in [2.45, 2.75) is 58.9 Å². The zero-order chi connectivity index (χ0) is 15.2. The molecule has 0 bridgehead atoms. The van der Waals surface area contributed by atoms with E-state index < -0.39 is 0 Å². The highest BCUT2D eigenvalue weighted by Gasteiger charge is 2.27. The summed E-state index contributed by atoms with van der Waals surface area (Å²) in [7, 11) is 0. The van der Waals surface area contributed by atoms with Crippen LogP contribution in [0.2, 0.25) is 0 Å². The molecule has 21 heavy (non-hydrogen) atoms. The first kappa shape index (κ1) is 15.7. The molecule has 5 heteroatoms. The number of aromatic nitrogens is 2. The summed E-state index contributed by atoms with van der Waals surface area (Å²) in [5, 5.41) is 3.24. The van der Waals surface area contributed by atoms with E-state index in [-0.39, 0.29) is 5.91 Å². The van der Waals surface area contributed by atoms with Crippen LogP contribution in [0.25, 0.3) is 0 Å². The molecule has 1 amide bonds. The third-order valence-electron chi connectivity index (χ3n) is 3.97. The zero-order valence-electron chi connectivity index (χ0n) is 13.4.